The van der Waals surface area contributed by atoms with Gasteiger partial charge >= 0.3 is 5.97 Å². The molecule has 152 valence electrons. The number of esters is 1. The number of nitro benzene ring substituents is 1. The Labute approximate surface area is 167 Å². The number of carbonyl (C=O) groups is 3. The molecule has 9 heteroatoms. The monoisotopic (exact) mass is 399 g/mol. The summed E-state index contributed by atoms with van der Waals surface area (Å²) in [5.74, 6) is -1.85. The average Bonchev–Trinajstić information content (AvgIpc) is 2.68. The number of hydrogen-bond acceptors (Lipinski definition) is 6. The number of nitrogens with zero attached hydrogens (tertiary/aromatic N) is 1. The van der Waals surface area contributed by atoms with Crippen molar-refractivity contribution in [2.24, 2.45) is 0 Å². The number of benzene rings is 2. The van der Waals surface area contributed by atoms with Gasteiger partial charge in [0.1, 0.15) is 0 Å². The standard InChI is InChI=1S/C20H21N3O6/c1-13-6-5-7-14(2)20(13)22-17(24)11-21-18(25)12-29-19(26)10-15-8-3-4-9-16(15)23(27)28/h3-9H,10-12H2,1-2H3,(H,21,25)(H,22,24). The van der Waals surface area contributed by atoms with E-state index in [2.05, 4.69) is 10.6 Å². The van der Waals surface area contributed by atoms with E-state index in [1.807, 2.05) is 32.0 Å². The lowest BCUT2D eigenvalue weighted by atomic mass is 10.1. The van der Waals surface area contributed by atoms with Crippen LogP contribution in [0.4, 0.5) is 11.4 Å². The predicted octanol–water partition coefficient (Wildman–Crippen LogP) is 2.05. The Balaban J connectivity index is 1.78. The van der Waals surface area contributed by atoms with Gasteiger partial charge in [-0.3, -0.25) is 24.5 Å². The van der Waals surface area contributed by atoms with Crippen LogP contribution < -0.4 is 10.6 Å². The van der Waals surface area contributed by atoms with Crippen LogP contribution in [-0.4, -0.2) is 35.9 Å². The van der Waals surface area contributed by atoms with E-state index in [9.17, 15) is 24.5 Å². The molecule has 0 heterocycles. The normalized spacial score (nSPS) is 10.1. The maximum absolute atomic E-state index is 12.0. The van der Waals surface area contributed by atoms with Crippen LogP contribution in [0.5, 0.6) is 0 Å². The number of anilines is 1. The van der Waals surface area contributed by atoms with Crippen molar-refractivity contribution in [3.05, 3.63) is 69.3 Å². The van der Waals surface area contributed by atoms with Crippen molar-refractivity contribution in [1.29, 1.82) is 0 Å². The van der Waals surface area contributed by atoms with Crippen molar-refractivity contribution in [3.63, 3.8) is 0 Å². The van der Waals surface area contributed by atoms with E-state index in [1.165, 1.54) is 18.2 Å². The first kappa shape index (κ1) is 21.5. The van der Waals surface area contributed by atoms with Crippen LogP contribution in [0.3, 0.4) is 0 Å². The van der Waals surface area contributed by atoms with Crippen molar-refractivity contribution >= 4 is 29.2 Å². The molecule has 0 saturated carbocycles. The number of nitrogens with one attached hydrogen (secondary N) is 2. The van der Waals surface area contributed by atoms with E-state index in [4.69, 9.17) is 4.74 Å². The van der Waals surface area contributed by atoms with Gasteiger partial charge in [0.25, 0.3) is 11.6 Å². The SMILES string of the molecule is Cc1cccc(C)c1NC(=O)CNC(=O)COC(=O)Cc1ccccc1[N+](=O)[O-]. The summed E-state index contributed by atoms with van der Waals surface area (Å²) in [6.07, 6.45) is -0.336. The van der Waals surface area contributed by atoms with E-state index >= 15 is 0 Å². The van der Waals surface area contributed by atoms with Gasteiger partial charge in [0.05, 0.1) is 17.9 Å². The second kappa shape index (κ2) is 9.98. The van der Waals surface area contributed by atoms with E-state index in [0.717, 1.165) is 11.1 Å². The first-order chi connectivity index (χ1) is 13.8. The molecule has 2 amide bonds. The summed E-state index contributed by atoms with van der Waals surface area (Å²) in [5, 5.41) is 16.0. The molecule has 0 atom stereocenters. The van der Waals surface area contributed by atoms with Gasteiger partial charge < -0.3 is 15.4 Å². The fourth-order valence-electron chi connectivity index (χ4n) is 2.62. The Morgan fingerprint density at radius 2 is 1.66 bits per heavy atom. The second-order valence-electron chi connectivity index (χ2n) is 6.31. The molecule has 9 nitrogen and oxygen atoms in total. The van der Waals surface area contributed by atoms with E-state index < -0.39 is 29.3 Å². The Hall–Kier alpha value is -3.75. The molecule has 0 aliphatic rings. The molecular weight excluding hydrogens is 378 g/mol. The molecule has 0 bridgehead atoms. The largest absolute Gasteiger partial charge is 0.455 e. The Morgan fingerprint density at radius 1 is 1.00 bits per heavy atom. The smallest absolute Gasteiger partial charge is 0.311 e. The summed E-state index contributed by atoms with van der Waals surface area (Å²) in [6, 6.07) is 11.4. The number of carbonyl (C=O) groups excluding carboxylic acids is 3. The van der Waals surface area contributed by atoms with E-state index in [-0.39, 0.29) is 24.2 Å². The van der Waals surface area contributed by atoms with Crippen LogP contribution in [0.1, 0.15) is 16.7 Å². The van der Waals surface area contributed by atoms with E-state index in [0.29, 0.717) is 5.69 Å². The lowest BCUT2D eigenvalue weighted by Crippen LogP contribution is -2.36. The van der Waals surface area contributed by atoms with Crippen molar-refractivity contribution < 1.29 is 24.0 Å². The molecule has 29 heavy (non-hydrogen) atoms. The van der Waals surface area contributed by atoms with Crippen LogP contribution in [-0.2, 0) is 25.5 Å². The third-order valence-corrected chi connectivity index (χ3v) is 4.08. The molecule has 2 N–H and O–H groups in total. The van der Waals surface area contributed by atoms with Gasteiger partial charge in [-0.15, -0.1) is 0 Å². The van der Waals surface area contributed by atoms with Gasteiger partial charge in [-0.1, -0.05) is 36.4 Å². The third kappa shape index (κ3) is 6.42. The molecule has 2 aromatic carbocycles. The van der Waals surface area contributed by atoms with E-state index in [1.54, 1.807) is 6.07 Å². The number of para-hydroxylation sites is 2. The summed E-state index contributed by atoms with van der Waals surface area (Å²) in [4.78, 5) is 46.0. The summed E-state index contributed by atoms with van der Waals surface area (Å²) < 4.78 is 4.83. The van der Waals surface area contributed by atoms with Crippen LogP contribution in [0.2, 0.25) is 0 Å². The number of rotatable bonds is 8. The zero-order chi connectivity index (χ0) is 21.4. The Kier molecular flexibility index (Phi) is 7.41. The molecule has 0 spiro atoms. The third-order valence-electron chi connectivity index (χ3n) is 4.08. The molecule has 0 unspecified atom stereocenters. The maximum atomic E-state index is 12.0. The minimum Gasteiger partial charge on any atom is -0.455 e. The molecule has 2 aromatic rings. The van der Waals surface area contributed by atoms with Gasteiger partial charge in [0.2, 0.25) is 5.91 Å². The molecule has 2 rings (SSSR count). The molecule has 0 fully saturated rings. The number of amides is 2. The zero-order valence-electron chi connectivity index (χ0n) is 16.1. The molecule has 0 saturated heterocycles. The van der Waals surface area contributed by atoms with Gasteiger partial charge in [-0.05, 0) is 25.0 Å². The lowest BCUT2D eigenvalue weighted by Gasteiger charge is -2.12. The minimum absolute atomic E-state index is 0.191. The highest BCUT2D eigenvalue weighted by Crippen LogP contribution is 2.19. The van der Waals surface area contributed by atoms with Gasteiger partial charge in [-0.2, -0.15) is 0 Å². The van der Waals surface area contributed by atoms with Crippen molar-refractivity contribution in [2.75, 3.05) is 18.5 Å². The fourth-order valence-corrected chi connectivity index (χ4v) is 2.62. The van der Waals surface area contributed by atoms with Crippen LogP contribution in [0.15, 0.2) is 42.5 Å². The quantitative estimate of drug-likeness (QED) is 0.397. The molecule has 0 aliphatic heterocycles. The number of ether oxygens (including phenoxy) is 1. The van der Waals surface area contributed by atoms with Crippen molar-refractivity contribution in [2.45, 2.75) is 20.3 Å². The molecular formula is C20H21N3O6. The number of nitro groups is 1. The molecule has 0 aromatic heterocycles. The van der Waals surface area contributed by atoms with Gasteiger partial charge in [-0.25, -0.2) is 0 Å². The zero-order valence-corrected chi connectivity index (χ0v) is 16.1. The highest BCUT2D eigenvalue weighted by atomic mass is 16.6. The highest BCUT2D eigenvalue weighted by Gasteiger charge is 2.17. The summed E-state index contributed by atoms with van der Waals surface area (Å²) in [6.45, 7) is 2.85. The number of aryl methyl sites for hydroxylation is 2. The minimum atomic E-state index is -0.783. The van der Waals surface area contributed by atoms with Gasteiger partial charge in [0, 0.05) is 17.3 Å². The Bertz CT molecular complexity index is 921. The summed E-state index contributed by atoms with van der Waals surface area (Å²) >= 11 is 0. The Morgan fingerprint density at radius 3 is 2.31 bits per heavy atom. The molecule has 0 aliphatic carbocycles. The van der Waals surface area contributed by atoms with Gasteiger partial charge in [0.15, 0.2) is 6.61 Å². The number of hydrogen-bond donors (Lipinski definition) is 2. The van der Waals surface area contributed by atoms with Crippen LogP contribution in [0, 0.1) is 24.0 Å². The van der Waals surface area contributed by atoms with Crippen LogP contribution in [0.25, 0.3) is 0 Å². The predicted molar refractivity (Wildman–Crippen MR) is 105 cm³/mol. The second-order valence-corrected chi connectivity index (χ2v) is 6.31. The highest BCUT2D eigenvalue weighted by molar-refractivity contribution is 5.96. The first-order valence-electron chi connectivity index (χ1n) is 8.78. The average molecular weight is 399 g/mol. The maximum Gasteiger partial charge on any atom is 0.311 e. The fraction of sp³-hybridized carbons (Fsp3) is 0.250. The van der Waals surface area contributed by atoms with Crippen molar-refractivity contribution in [3.8, 4) is 0 Å². The first-order valence-corrected chi connectivity index (χ1v) is 8.78. The van der Waals surface area contributed by atoms with Crippen molar-refractivity contribution in [1.82, 2.24) is 5.32 Å². The topological polar surface area (TPSA) is 128 Å². The molecule has 0 radical (unpaired) electrons. The van der Waals surface area contributed by atoms with Crippen LogP contribution >= 0.6 is 0 Å². The lowest BCUT2D eigenvalue weighted by molar-refractivity contribution is -0.385. The summed E-state index contributed by atoms with van der Waals surface area (Å²) in [7, 11) is 0. The summed E-state index contributed by atoms with van der Waals surface area (Å²) in [5.41, 5.74) is 2.47.